The van der Waals surface area contributed by atoms with Gasteiger partial charge in [-0.05, 0) is 22.0 Å². The monoisotopic (exact) mass is 176 g/mol. The first-order valence-electron chi connectivity index (χ1n) is 3.57. The van der Waals surface area contributed by atoms with Gasteiger partial charge in [-0.3, -0.25) is 4.79 Å². The molecule has 0 saturated carbocycles. The number of Topliss-reactive ketones (excluding diaryl/α,β-unsaturated/α-hetero) is 1. The molecule has 1 aromatic carbocycles. The molecule has 0 bridgehead atoms. The van der Waals surface area contributed by atoms with Gasteiger partial charge in [0.05, 0.1) is 5.56 Å². The van der Waals surface area contributed by atoms with Crippen LogP contribution in [0, 0.1) is 10.1 Å². The van der Waals surface area contributed by atoms with Crippen molar-refractivity contribution in [3.05, 3.63) is 39.9 Å². The van der Waals surface area contributed by atoms with Gasteiger partial charge < -0.3 is 10.1 Å². The summed E-state index contributed by atoms with van der Waals surface area (Å²) in [6.07, 6.45) is 0. The zero-order valence-electron chi connectivity index (χ0n) is 6.43. The van der Waals surface area contributed by atoms with E-state index in [2.05, 4.69) is 4.99 Å². The molecule has 5 heteroatoms. The van der Waals surface area contributed by atoms with Crippen molar-refractivity contribution in [2.75, 3.05) is 0 Å². The largest absolute Gasteiger partial charge is 0.413 e. The minimum Gasteiger partial charge on any atom is -0.358 e. The highest BCUT2D eigenvalue weighted by molar-refractivity contribution is 6.46. The maximum absolute atomic E-state index is 11.3. The number of aliphatic imine (C=N–C) groups is 1. The first-order valence-corrected chi connectivity index (χ1v) is 3.57. The van der Waals surface area contributed by atoms with E-state index >= 15 is 0 Å². The zero-order chi connectivity index (χ0) is 9.42. The zero-order valence-corrected chi connectivity index (χ0v) is 6.43. The van der Waals surface area contributed by atoms with E-state index < -0.39 is 16.5 Å². The number of rotatable bonds is 0. The molecule has 1 aliphatic heterocycles. The molecule has 13 heavy (non-hydrogen) atoms. The molecular formula is C8H4N2O3. The van der Waals surface area contributed by atoms with Crippen LogP contribution >= 0.6 is 0 Å². The van der Waals surface area contributed by atoms with Gasteiger partial charge in [0.15, 0.2) is 5.69 Å². The summed E-state index contributed by atoms with van der Waals surface area (Å²) in [5, 5.41) is 10.3. The van der Waals surface area contributed by atoms with E-state index in [0.717, 1.165) is 0 Å². The number of carbonyl (C=O) groups is 1. The number of amidine groups is 1. The van der Waals surface area contributed by atoms with Gasteiger partial charge in [0.1, 0.15) is 0 Å². The van der Waals surface area contributed by atoms with Gasteiger partial charge in [0, 0.05) is 0 Å². The topological polar surface area (TPSA) is 72.6 Å². The Morgan fingerprint density at radius 2 is 2.00 bits per heavy atom. The first kappa shape index (κ1) is 7.60. The van der Waals surface area contributed by atoms with Gasteiger partial charge >= 0.3 is 5.84 Å². The Hall–Kier alpha value is -2.04. The van der Waals surface area contributed by atoms with E-state index in [4.69, 9.17) is 0 Å². The number of benzene rings is 1. The molecular weight excluding hydrogens is 172 g/mol. The van der Waals surface area contributed by atoms with Crippen LogP contribution < -0.4 is 0 Å². The second kappa shape index (κ2) is 2.48. The third-order valence-corrected chi connectivity index (χ3v) is 1.75. The summed E-state index contributed by atoms with van der Waals surface area (Å²) in [5.41, 5.74) is 0.674. The highest BCUT2D eigenvalue weighted by atomic mass is 16.6. The van der Waals surface area contributed by atoms with Crippen molar-refractivity contribution in [1.29, 1.82) is 0 Å². The fourth-order valence-electron chi connectivity index (χ4n) is 1.17. The van der Waals surface area contributed by atoms with Gasteiger partial charge in [-0.25, -0.2) is 0 Å². The Balaban J connectivity index is 2.57. The smallest absolute Gasteiger partial charge is 0.358 e. The highest BCUT2D eigenvalue weighted by Crippen LogP contribution is 2.25. The van der Waals surface area contributed by atoms with E-state index in [-0.39, 0.29) is 0 Å². The standard InChI is InChI=1S/C8H4N2O3/c11-7-5-3-1-2-4-6(5)9-8(7)10(12)13/h1-4H. The molecule has 0 aromatic heterocycles. The number of ketones is 1. The van der Waals surface area contributed by atoms with Crippen LogP contribution in [0.25, 0.3) is 0 Å². The minimum absolute atomic E-state index is 0.300. The van der Waals surface area contributed by atoms with Crippen LogP contribution in [0.1, 0.15) is 10.4 Å². The van der Waals surface area contributed by atoms with E-state index in [9.17, 15) is 14.9 Å². The number of carbonyl (C=O) groups excluding carboxylic acids is 1. The molecule has 0 radical (unpaired) electrons. The number of fused-ring (bicyclic) bond motifs is 1. The molecule has 0 amide bonds. The predicted octanol–water partition coefficient (Wildman–Crippen LogP) is 1.19. The summed E-state index contributed by atoms with van der Waals surface area (Å²) in [6.45, 7) is 0. The predicted molar refractivity (Wildman–Crippen MR) is 44.9 cm³/mol. The normalized spacial score (nSPS) is 13.8. The molecule has 1 aromatic rings. The van der Waals surface area contributed by atoms with E-state index in [0.29, 0.717) is 11.3 Å². The molecule has 0 spiro atoms. The Morgan fingerprint density at radius 3 is 2.62 bits per heavy atom. The summed E-state index contributed by atoms with van der Waals surface area (Å²) in [6, 6.07) is 6.43. The first-order chi connectivity index (χ1) is 6.20. The number of nitrogens with zero attached hydrogens (tertiary/aromatic N) is 2. The lowest BCUT2D eigenvalue weighted by atomic mass is 10.1. The minimum atomic E-state index is -0.762. The van der Waals surface area contributed by atoms with Gasteiger partial charge in [0.2, 0.25) is 0 Å². The number of hydrogen-bond acceptors (Lipinski definition) is 4. The van der Waals surface area contributed by atoms with Crippen LogP contribution in [-0.4, -0.2) is 16.5 Å². The van der Waals surface area contributed by atoms with Gasteiger partial charge in [-0.2, -0.15) is 0 Å². The van der Waals surface area contributed by atoms with Crippen LogP contribution in [0.5, 0.6) is 0 Å². The second-order valence-electron chi connectivity index (χ2n) is 2.54. The molecule has 0 atom stereocenters. The lowest BCUT2D eigenvalue weighted by Gasteiger charge is -1.89. The average Bonchev–Trinajstić information content (AvgIpc) is 2.45. The van der Waals surface area contributed by atoms with Crippen LogP contribution in [0.3, 0.4) is 0 Å². The van der Waals surface area contributed by atoms with E-state index in [1.54, 1.807) is 18.2 Å². The number of para-hydroxylation sites is 1. The molecule has 1 aliphatic rings. The fourth-order valence-corrected chi connectivity index (χ4v) is 1.17. The summed E-state index contributed by atoms with van der Waals surface area (Å²) in [5.74, 6) is -1.21. The van der Waals surface area contributed by atoms with Crippen molar-refractivity contribution in [1.82, 2.24) is 0 Å². The molecule has 5 nitrogen and oxygen atoms in total. The lowest BCUT2D eigenvalue weighted by molar-refractivity contribution is -0.346. The molecule has 0 saturated heterocycles. The SMILES string of the molecule is O=C1C([N+](=O)[O-])=Nc2ccccc21. The van der Waals surface area contributed by atoms with E-state index in [1.165, 1.54) is 6.07 Å². The maximum atomic E-state index is 11.3. The molecule has 0 aliphatic carbocycles. The molecule has 0 N–H and O–H groups in total. The fraction of sp³-hybridized carbons (Fsp3) is 0. The summed E-state index contributed by atoms with van der Waals surface area (Å²) in [4.78, 5) is 24.4. The Kier molecular flexibility index (Phi) is 1.45. The lowest BCUT2D eigenvalue weighted by Crippen LogP contribution is -2.19. The average molecular weight is 176 g/mol. The third-order valence-electron chi connectivity index (χ3n) is 1.75. The second-order valence-corrected chi connectivity index (χ2v) is 2.54. The summed E-state index contributed by atoms with van der Waals surface area (Å²) < 4.78 is 0. The quantitative estimate of drug-likeness (QED) is 0.440. The molecule has 2 rings (SSSR count). The summed E-state index contributed by atoms with van der Waals surface area (Å²) >= 11 is 0. The van der Waals surface area contributed by atoms with Crippen LogP contribution in [0.4, 0.5) is 5.69 Å². The van der Waals surface area contributed by atoms with Crippen molar-refractivity contribution in [2.24, 2.45) is 4.99 Å². The van der Waals surface area contributed by atoms with Crippen molar-refractivity contribution in [2.45, 2.75) is 0 Å². The van der Waals surface area contributed by atoms with Crippen LogP contribution in [0.2, 0.25) is 0 Å². The molecule has 0 unspecified atom stereocenters. The number of nitro groups is 1. The van der Waals surface area contributed by atoms with Crippen LogP contribution in [0.15, 0.2) is 29.3 Å². The molecule has 64 valence electrons. The van der Waals surface area contributed by atoms with Crippen molar-refractivity contribution < 1.29 is 9.72 Å². The third kappa shape index (κ3) is 1.01. The van der Waals surface area contributed by atoms with E-state index in [1.807, 2.05) is 0 Å². The highest BCUT2D eigenvalue weighted by Gasteiger charge is 2.35. The molecule has 0 fully saturated rings. The Bertz CT molecular complexity index is 437. The Labute approximate surface area is 72.9 Å². The van der Waals surface area contributed by atoms with Gasteiger partial charge in [-0.15, -0.1) is 0 Å². The van der Waals surface area contributed by atoms with Crippen molar-refractivity contribution in [3.63, 3.8) is 0 Å². The molecule has 1 heterocycles. The summed E-state index contributed by atoms with van der Waals surface area (Å²) in [7, 11) is 0. The number of hydrogen-bond donors (Lipinski definition) is 0. The Morgan fingerprint density at radius 1 is 1.31 bits per heavy atom. The van der Waals surface area contributed by atoms with Gasteiger partial charge in [-0.1, -0.05) is 12.1 Å². The van der Waals surface area contributed by atoms with Crippen LogP contribution in [-0.2, 0) is 0 Å². The van der Waals surface area contributed by atoms with Crippen molar-refractivity contribution in [3.8, 4) is 0 Å². The van der Waals surface area contributed by atoms with Crippen molar-refractivity contribution >= 4 is 17.3 Å². The maximum Gasteiger partial charge on any atom is 0.413 e. The van der Waals surface area contributed by atoms with Gasteiger partial charge in [0.25, 0.3) is 5.78 Å².